The van der Waals surface area contributed by atoms with Gasteiger partial charge in [-0.3, -0.25) is 0 Å². The maximum absolute atomic E-state index is 9.78. The molecule has 0 saturated heterocycles. The molecule has 0 fully saturated rings. The summed E-state index contributed by atoms with van der Waals surface area (Å²) in [6.45, 7) is 14.8. The van der Waals surface area contributed by atoms with Crippen molar-refractivity contribution in [3.63, 3.8) is 0 Å². The zero-order chi connectivity index (χ0) is 15.3. The second-order valence-corrected chi connectivity index (χ2v) is 6.96. The molecular weight excluding hydrogens is 248 g/mol. The lowest BCUT2D eigenvalue weighted by Gasteiger charge is -2.33. The SMILES string of the molecule is CCC(O)CC(C)(OOC(C)(C)C)OOC(C)(C)C. The van der Waals surface area contributed by atoms with Crippen LogP contribution in [0.15, 0.2) is 0 Å². The van der Waals surface area contributed by atoms with Crippen LogP contribution in [0, 0.1) is 0 Å². The first-order chi connectivity index (χ1) is 8.37. The van der Waals surface area contributed by atoms with Crippen molar-refractivity contribution in [2.45, 2.75) is 91.3 Å². The molecular formula is C14H30O5. The van der Waals surface area contributed by atoms with Crippen LogP contribution in [0.1, 0.15) is 68.2 Å². The van der Waals surface area contributed by atoms with Gasteiger partial charge in [-0.15, -0.1) is 0 Å². The third kappa shape index (κ3) is 10.3. The first kappa shape index (κ1) is 18.8. The van der Waals surface area contributed by atoms with Crippen molar-refractivity contribution in [3.05, 3.63) is 0 Å². The minimum absolute atomic E-state index is 0.260. The van der Waals surface area contributed by atoms with Crippen molar-refractivity contribution in [1.82, 2.24) is 0 Å². The third-order valence-corrected chi connectivity index (χ3v) is 2.01. The lowest BCUT2D eigenvalue weighted by atomic mass is 10.1. The Morgan fingerprint density at radius 2 is 1.16 bits per heavy atom. The maximum atomic E-state index is 9.78. The number of hydrogen-bond donors (Lipinski definition) is 1. The summed E-state index contributed by atoms with van der Waals surface area (Å²) in [7, 11) is 0. The summed E-state index contributed by atoms with van der Waals surface area (Å²) in [4.78, 5) is 21.3. The standard InChI is InChI=1S/C14H30O5/c1-9-11(15)10-14(8,18-16-12(2,3)4)19-17-13(5,6)7/h11,15H,9-10H2,1-8H3. The highest BCUT2D eigenvalue weighted by Gasteiger charge is 2.35. The quantitative estimate of drug-likeness (QED) is 0.439. The van der Waals surface area contributed by atoms with Gasteiger partial charge in [-0.25, -0.2) is 9.78 Å². The molecule has 0 radical (unpaired) electrons. The molecule has 0 aromatic rings. The molecule has 0 rings (SSSR count). The molecule has 0 saturated carbocycles. The van der Waals surface area contributed by atoms with Gasteiger partial charge in [0, 0.05) is 6.42 Å². The topological polar surface area (TPSA) is 57.2 Å². The van der Waals surface area contributed by atoms with E-state index in [1.165, 1.54) is 0 Å². The number of rotatable bonds is 7. The van der Waals surface area contributed by atoms with Crippen LogP contribution in [0.25, 0.3) is 0 Å². The van der Waals surface area contributed by atoms with Crippen LogP contribution in [0.3, 0.4) is 0 Å². The van der Waals surface area contributed by atoms with Gasteiger partial charge < -0.3 is 5.11 Å². The van der Waals surface area contributed by atoms with E-state index in [2.05, 4.69) is 0 Å². The zero-order valence-electron chi connectivity index (χ0n) is 13.6. The molecule has 0 aliphatic carbocycles. The van der Waals surface area contributed by atoms with E-state index < -0.39 is 23.1 Å². The minimum atomic E-state index is -1.16. The second kappa shape index (κ2) is 6.99. The van der Waals surface area contributed by atoms with Gasteiger partial charge in [-0.1, -0.05) is 6.92 Å². The number of hydrogen-bond acceptors (Lipinski definition) is 5. The lowest BCUT2D eigenvalue weighted by Crippen LogP contribution is -2.41. The third-order valence-electron chi connectivity index (χ3n) is 2.01. The van der Waals surface area contributed by atoms with Crippen molar-refractivity contribution >= 4 is 0 Å². The van der Waals surface area contributed by atoms with Crippen molar-refractivity contribution < 1.29 is 24.7 Å². The first-order valence-corrected chi connectivity index (χ1v) is 6.79. The number of aliphatic hydroxyl groups excluding tert-OH is 1. The Labute approximate surface area is 117 Å². The zero-order valence-corrected chi connectivity index (χ0v) is 13.6. The van der Waals surface area contributed by atoms with Crippen LogP contribution >= 0.6 is 0 Å². The van der Waals surface area contributed by atoms with E-state index in [4.69, 9.17) is 19.6 Å². The first-order valence-electron chi connectivity index (χ1n) is 6.79. The Kier molecular flexibility index (Phi) is 6.92. The Morgan fingerprint density at radius 1 is 0.789 bits per heavy atom. The van der Waals surface area contributed by atoms with E-state index in [1.807, 2.05) is 48.5 Å². The Balaban J connectivity index is 4.62. The highest BCUT2D eigenvalue weighted by atomic mass is 17.3. The molecule has 0 aliphatic heterocycles. The van der Waals surface area contributed by atoms with E-state index in [1.54, 1.807) is 6.92 Å². The molecule has 0 aliphatic rings. The van der Waals surface area contributed by atoms with Crippen molar-refractivity contribution in [2.75, 3.05) is 0 Å². The molecule has 1 N–H and O–H groups in total. The van der Waals surface area contributed by atoms with Gasteiger partial charge in [0.25, 0.3) is 0 Å². The van der Waals surface area contributed by atoms with Gasteiger partial charge in [0.15, 0.2) is 0 Å². The van der Waals surface area contributed by atoms with Crippen molar-refractivity contribution in [1.29, 1.82) is 0 Å². The molecule has 5 heteroatoms. The lowest BCUT2D eigenvalue weighted by molar-refractivity contribution is -0.539. The summed E-state index contributed by atoms with van der Waals surface area (Å²) in [5.74, 6) is -1.16. The van der Waals surface area contributed by atoms with E-state index in [-0.39, 0.29) is 6.42 Å². The van der Waals surface area contributed by atoms with Crippen molar-refractivity contribution in [2.24, 2.45) is 0 Å². The predicted molar refractivity (Wildman–Crippen MR) is 73.2 cm³/mol. The Bertz CT molecular complexity index is 234. The number of aliphatic hydroxyl groups is 1. The van der Waals surface area contributed by atoms with E-state index >= 15 is 0 Å². The van der Waals surface area contributed by atoms with Gasteiger partial charge >= 0.3 is 0 Å². The Hall–Kier alpha value is -0.200. The van der Waals surface area contributed by atoms with Crippen LogP contribution in [-0.4, -0.2) is 28.2 Å². The van der Waals surface area contributed by atoms with E-state index in [0.717, 1.165) is 0 Å². The summed E-state index contributed by atoms with van der Waals surface area (Å²) in [6, 6.07) is 0. The highest BCUT2D eigenvalue weighted by molar-refractivity contribution is 4.67. The highest BCUT2D eigenvalue weighted by Crippen LogP contribution is 2.26. The van der Waals surface area contributed by atoms with Crippen LogP contribution in [0.2, 0.25) is 0 Å². The molecule has 0 spiro atoms. The summed E-state index contributed by atoms with van der Waals surface area (Å²) < 4.78 is 0. The minimum Gasteiger partial charge on any atom is -0.393 e. The molecule has 0 aromatic heterocycles. The average molecular weight is 278 g/mol. The summed E-state index contributed by atoms with van der Waals surface area (Å²) in [5, 5.41) is 9.78. The normalized spacial score (nSPS) is 15.6. The summed E-state index contributed by atoms with van der Waals surface area (Å²) >= 11 is 0. The van der Waals surface area contributed by atoms with Gasteiger partial charge in [0.05, 0.1) is 17.3 Å². The molecule has 5 nitrogen and oxygen atoms in total. The van der Waals surface area contributed by atoms with Gasteiger partial charge in [0.2, 0.25) is 5.79 Å². The van der Waals surface area contributed by atoms with Gasteiger partial charge in [0.1, 0.15) is 0 Å². The maximum Gasteiger partial charge on any atom is 0.233 e. The molecule has 0 amide bonds. The molecule has 116 valence electrons. The fourth-order valence-corrected chi connectivity index (χ4v) is 1.08. The summed E-state index contributed by atoms with van der Waals surface area (Å²) in [6.07, 6.45) is 0.320. The predicted octanol–water partition coefficient (Wildman–Crippen LogP) is 3.36. The second-order valence-electron chi connectivity index (χ2n) is 6.96. The molecule has 19 heavy (non-hydrogen) atoms. The average Bonchev–Trinajstić information content (AvgIpc) is 2.22. The molecule has 0 heterocycles. The Morgan fingerprint density at radius 3 is 1.42 bits per heavy atom. The largest absolute Gasteiger partial charge is 0.393 e. The van der Waals surface area contributed by atoms with Crippen LogP contribution in [0.5, 0.6) is 0 Å². The fourth-order valence-electron chi connectivity index (χ4n) is 1.08. The molecule has 0 bridgehead atoms. The van der Waals surface area contributed by atoms with Gasteiger partial charge in [-0.2, -0.15) is 9.78 Å². The molecule has 0 aromatic carbocycles. The monoisotopic (exact) mass is 278 g/mol. The smallest absolute Gasteiger partial charge is 0.233 e. The summed E-state index contributed by atoms with van der Waals surface area (Å²) in [5.41, 5.74) is -0.937. The van der Waals surface area contributed by atoms with Crippen molar-refractivity contribution in [3.8, 4) is 0 Å². The van der Waals surface area contributed by atoms with Crippen LogP contribution < -0.4 is 0 Å². The molecule has 1 atom stereocenters. The van der Waals surface area contributed by atoms with E-state index in [0.29, 0.717) is 6.42 Å². The molecule has 1 unspecified atom stereocenters. The van der Waals surface area contributed by atoms with Crippen LogP contribution in [-0.2, 0) is 19.6 Å². The fraction of sp³-hybridized carbons (Fsp3) is 1.00. The van der Waals surface area contributed by atoms with Crippen LogP contribution in [0.4, 0.5) is 0 Å². The van der Waals surface area contributed by atoms with Gasteiger partial charge in [-0.05, 0) is 54.9 Å². The van der Waals surface area contributed by atoms with E-state index in [9.17, 15) is 5.11 Å².